The number of methoxy groups -OCH3 is 1. The van der Waals surface area contributed by atoms with Gasteiger partial charge in [0.1, 0.15) is 12.2 Å². The molecule has 0 bridgehead atoms. The Bertz CT molecular complexity index is 1040. The van der Waals surface area contributed by atoms with Crippen molar-refractivity contribution in [1.29, 1.82) is 0 Å². The number of nitrogens with one attached hydrogen (secondary N) is 1. The molecule has 0 aliphatic rings. The summed E-state index contributed by atoms with van der Waals surface area (Å²) in [5.41, 5.74) is 1.54. The van der Waals surface area contributed by atoms with E-state index in [1.165, 1.54) is 13.2 Å². The van der Waals surface area contributed by atoms with Gasteiger partial charge in [0.25, 0.3) is 11.6 Å². The topological polar surface area (TPSA) is 104 Å². The largest absolute Gasteiger partial charge is 0.493 e. The van der Waals surface area contributed by atoms with E-state index in [9.17, 15) is 14.9 Å². The normalized spacial score (nSPS) is 10.3. The fourth-order valence-electron chi connectivity index (χ4n) is 2.79. The first kappa shape index (κ1) is 19.8. The van der Waals surface area contributed by atoms with Gasteiger partial charge in [-0.3, -0.25) is 19.9 Å². The average Bonchev–Trinajstić information content (AvgIpc) is 2.72. The third kappa shape index (κ3) is 4.67. The van der Waals surface area contributed by atoms with Crippen LogP contribution in [0.25, 0.3) is 0 Å². The van der Waals surface area contributed by atoms with Crippen LogP contribution in [0.3, 0.4) is 0 Å². The van der Waals surface area contributed by atoms with Crippen molar-refractivity contribution >= 4 is 17.3 Å². The lowest BCUT2D eigenvalue weighted by atomic mass is 10.1. The highest BCUT2D eigenvalue weighted by molar-refractivity contribution is 6.07. The molecule has 1 amide bonds. The van der Waals surface area contributed by atoms with E-state index < -0.39 is 10.8 Å². The molecule has 0 unspecified atom stereocenters. The van der Waals surface area contributed by atoms with Crippen molar-refractivity contribution in [2.24, 2.45) is 0 Å². The maximum absolute atomic E-state index is 12.6. The van der Waals surface area contributed by atoms with Crippen LogP contribution in [0.5, 0.6) is 11.5 Å². The summed E-state index contributed by atoms with van der Waals surface area (Å²) in [5, 5.41) is 14.0. The van der Waals surface area contributed by atoms with Gasteiger partial charge in [-0.2, -0.15) is 0 Å². The number of anilines is 1. The first-order valence-corrected chi connectivity index (χ1v) is 8.74. The van der Waals surface area contributed by atoms with Crippen molar-refractivity contribution < 1.29 is 19.2 Å². The van der Waals surface area contributed by atoms with E-state index in [0.29, 0.717) is 29.4 Å². The van der Waals surface area contributed by atoms with Crippen LogP contribution in [-0.4, -0.2) is 22.9 Å². The molecule has 1 heterocycles. The minimum atomic E-state index is -0.578. The van der Waals surface area contributed by atoms with Gasteiger partial charge >= 0.3 is 0 Å². The number of rotatable bonds is 7. The smallest absolute Gasteiger partial charge is 0.285 e. The molecule has 0 aliphatic heterocycles. The van der Waals surface area contributed by atoms with E-state index >= 15 is 0 Å². The van der Waals surface area contributed by atoms with E-state index in [0.717, 1.165) is 5.56 Å². The fraction of sp³-hybridized carbons (Fsp3) is 0.143. The Morgan fingerprint density at radius 2 is 1.90 bits per heavy atom. The molecule has 29 heavy (non-hydrogen) atoms. The second-order valence-corrected chi connectivity index (χ2v) is 6.19. The van der Waals surface area contributed by atoms with E-state index in [2.05, 4.69) is 10.3 Å². The Morgan fingerprint density at radius 1 is 1.14 bits per heavy atom. The van der Waals surface area contributed by atoms with Gasteiger partial charge in [-0.15, -0.1) is 0 Å². The molecule has 1 aromatic heterocycles. The SMILES string of the molecule is COc1ccc(NC(=O)c2cccc(C)c2[N+](=O)[O-])cc1OCc1ccncc1. The Morgan fingerprint density at radius 3 is 2.59 bits per heavy atom. The Labute approximate surface area is 167 Å². The number of ether oxygens (including phenoxy) is 2. The second kappa shape index (κ2) is 8.83. The van der Waals surface area contributed by atoms with Crippen molar-refractivity contribution in [2.45, 2.75) is 13.5 Å². The molecule has 2 aromatic carbocycles. The Kier molecular flexibility index (Phi) is 6.03. The number of benzene rings is 2. The maximum Gasteiger partial charge on any atom is 0.285 e. The quantitative estimate of drug-likeness (QED) is 0.478. The first-order valence-electron chi connectivity index (χ1n) is 8.74. The number of hydrogen-bond acceptors (Lipinski definition) is 6. The molecule has 0 fully saturated rings. The summed E-state index contributed by atoms with van der Waals surface area (Å²) in [7, 11) is 1.52. The van der Waals surface area contributed by atoms with Crippen molar-refractivity contribution in [3.05, 3.63) is 87.7 Å². The monoisotopic (exact) mass is 393 g/mol. The number of carbonyl (C=O) groups is 1. The van der Waals surface area contributed by atoms with Gasteiger partial charge in [0.15, 0.2) is 11.5 Å². The molecule has 8 heteroatoms. The minimum Gasteiger partial charge on any atom is -0.493 e. The summed E-state index contributed by atoms with van der Waals surface area (Å²) in [6.45, 7) is 1.88. The van der Waals surface area contributed by atoms with Crippen LogP contribution >= 0.6 is 0 Å². The Hall–Kier alpha value is -3.94. The zero-order valence-corrected chi connectivity index (χ0v) is 15.9. The number of nitro groups is 1. The predicted molar refractivity (Wildman–Crippen MR) is 107 cm³/mol. The van der Waals surface area contributed by atoms with Gasteiger partial charge in [0.2, 0.25) is 0 Å². The molecular formula is C21H19N3O5. The molecule has 0 radical (unpaired) electrons. The molecule has 0 spiro atoms. The molecule has 0 atom stereocenters. The summed E-state index contributed by atoms with van der Waals surface area (Å²) >= 11 is 0. The van der Waals surface area contributed by atoms with Gasteiger partial charge in [-0.1, -0.05) is 12.1 Å². The number of hydrogen-bond donors (Lipinski definition) is 1. The standard InChI is InChI=1S/C21H19N3O5/c1-14-4-3-5-17(20(14)24(26)27)21(25)23-16-6-7-18(28-2)19(12-16)29-13-15-8-10-22-11-9-15/h3-12H,13H2,1-2H3,(H,23,25). The van der Waals surface area contributed by atoms with E-state index in [1.807, 2.05) is 12.1 Å². The van der Waals surface area contributed by atoms with Crippen LogP contribution in [0.1, 0.15) is 21.5 Å². The Balaban J connectivity index is 1.82. The molecule has 148 valence electrons. The number of aromatic nitrogens is 1. The molecule has 0 aliphatic carbocycles. The van der Waals surface area contributed by atoms with E-state index in [4.69, 9.17) is 9.47 Å². The first-order chi connectivity index (χ1) is 14.0. The minimum absolute atomic E-state index is 0.00919. The molecule has 3 aromatic rings. The number of aryl methyl sites for hydroxylation is 1. The highest BCUT2D eigenvalue weighted by Gasteiger charge is 2.22. The predicted octanol–water partition coefficient (Wildman–Crippen LogP) is 4.14. The number of carbonyl (C=O) groups excluding carboxylic acids is 1. The lowest BCUT2D eigenvalue weighted by Gasteiger charge is -2.13. The lowest BCUT2D eigenvalue weighted by molar-refractivity contribution is -0.385. The molecule has 3 rings (SSSR count). The van der Waals surface area contributed by atoms with Crippen LogP contribution in [0.2, 0.25) is 0 Å². The third-order valence-corrected chi connectivity index (χ3v) is 4.23. The number of amides is 1. The summed E-state index contributed by atoms with van der Waals surface area (Å²) in [4.78, 5) is 27.4. The highest BCUT2D eigenvalue weighted by atomic mass is 16.6. The van der Waals surface area contributed by atoms with E-state index in [1.54, 1.807) is 49.6 Å². The maximum atomic E-state index is 12.6. The van der Waals surface area contributed by atoms with Crippen molar-refractivity contribution in [1.82, 2.24) is 4.98 Å². The average molecular weight is 393 g/mol. The summed E-state index contributed by atoms with van der Waals surface area (Å²) in [6.07, 6.45) is 3.34. The molecule has 1 N–H and O–H groups in total. The number of para-hydroxylation sites is 1. The zero-order valence-electron chi connectivity index (χ0n) is 15.9. The van der Waals surface area contributed by atoms with Crippen molar-refractivity contribution in [3.63, 3.8) is 0 Å². The van der Waals surface area contributed by atoms with Crippen LogP contribution < -0.4 is 14.8 Å². The molecule has 0 saturated carbocycles. The number of nitrogens with zero attached hydrogens (tertiary/aromatic N) is 2. The van der Waals surface area contributed by atoms with Gasteiger partial charge < -0.3 is 14.8 Å². The summed E-state index contributed by atoms with van der Waals surface area (Å²) in [6, 6.07) is 13.2. The number of pyridine rings is 1. The van der Waals surface area contributed by atoms with Gasteiger partial charge in [0.05, 0.1) is 12.0 Å². The van der Waals surface area contributed by atoms with Crippen LogP contribution in [-0.2, 0) is 6.61 Å². The summed E-state index contributed by atoms with van der Waals surface area (Å²) in [5.74, 6) is 0.352. The van der Waals surface area contributed by atoms with E-state index in [-0.39, 0.29) is 11.3 Å². The van der Waals surface area contributed by atoms with Crippen molar-refractivity contribution in [2.75, 3.05) is 12.4 Å². The van der Waals surface area contributed by atoms with Gasteiger partial charge in [-0.25, -0.2) is 0 Å². The third-order valence-electron chi connectivity index (χ3n) is 4.23. The number of nitro benzene ring substituents is 1. The molecule has 0 saturated heterocycles. The van der Waals surface area contributed by atoms with Crippen LogP contribution in [0.4, 0.5) is 11.4 Å². The highest BCUT2D eigenvalue weighted by Crippen LogP contribution is 2.32. The lowest BCUT2D eigenvalue weighted by Crippen LogP contribution is -2.14. The fourth-order valence-corrected chi connectivity index (χ4v) is 2.79. The van der Waals surface area contributed by atoms with Crippen LogP contribution in [0, 0.1) is 17.0 Å². The zero-order chi connectivity index (χ0) is 20.8. The second-order valence-electron chi connectivity index (χ2n) is 6.19. The van der Waals surface area contributed by atoms with Gasteiger partial charge in [-0.05, 0) is 42.8 Å². The van der Waals surface area contributed by atoms with Crippen molar-refractivity contribution in [3.8, 4) is 11.5 Å². The van der Waals surface area contributed by atoms with Crippen LogP contribution in [0.15, 0.2) is 60.9 Å². The van der Waals surface area contributed by atoms with Gasteiger partial charge in [0, 0.05) is 29.7 Å². The molecular weight excluding hydrogens is 374 g/mol. The molecule has 8 nitrogen and oxygen atoms in total. The summed E-state index contributed by atoms with van der Waals surface area (Å²) < 4.78 is 11.1.